The summed E-state index contributed by atoms with van der Waals surface area (Å²) in [5.74, 6) is 1.25. The van der Waals surface area contributed by atoms with Crippen molar-refractivity contribution in [2.45, 2.75) is 30.6 Å². The third-order valence-electron chi connectivity index (χ3n) is 3.75. The second-order valence-electron chi connectivity index (χ2n) is 4.93. The third kappa shape index (κ3) is 1.90. The quantitative estimate of drug-likeness (QED) is 0.879. The summed E-state index contributed by atoms with van der Waals surface area (Å²) in [6.07, 6.45) is 2.54. The van der Waals surface area contributed by atoms with Gasteiger partial charge in [0.15, 0.2) is 0 Å². The molecule has 2 N–H and O–H groups in total. The molecule has 0 aliphatic carbocycles. The molecule has 1 aromatic carbocycles. The molecular weight excluding hydrogens is 246 g/mol. The van der Waals surface area contributed by atoms with Gasteiger partial charge in [-0.25, -0.2) is 0 Å². The first-order valence-corrected chi connectivity index (χ1v) is 7.93. The molecule has 17 heavy (non-hydrogen) atoms. The lowest BCUT2D eigenvalue weighted by atomic mass is 9.90. The van der Waals surface area contributed by atoms with Gasteiger partial charge in [0.25, 0.3) is 0 Å². The van der Waals surface area contributed by atoms with Crippen LogP contribution in [0.2, 0.25) is 0 Å². The lowest BCUT2D eigenvalue weighted by molar-refractivity contribution is 0.505. The lowest BCUT2D eigenvalue weighted by Crippen LogP contribution is -2.33. The van der Waals surface area contributed by atoms with Gasteiger partial charge in [-0.3, -0.25) is 0 Å². The van der Waals surface area contributed by atoms with E-state index in [9.17, 15) is 0 Å². The molecule has 1 aromatic heterocycles. The van der Waals surface area contributed by atoms with Crippen LogP contribution in [0.5, 0.6) is 0 Å². The van der Waals surface area contributed by atoms with Gasteiger partial charge in [0.2, 0.25) is 0 Å². The van der Waals surface area contributed by atoms with E-state index in [0.29, 0.717) is 0 Å². The maximum atomic E-state index is 6.55. The highest BCUT2D eigenvalue weighted by Gasteiger charge is 2.37. The topological polar surface area (TPSA) is 26.0 Å². The highest BCUT2D eigenvalue weighted by Crippen LogP contribution is 2.47. The van der Waals surface area contributed by atoms with E-state index in [1.165, 1.54) is 34.2 Å². The molecule has 3 rings (SSSR count). The molecule has 0 amide bonds. The molecule has 2 unspecified atom stereocenters. The van der Waals surface area contributed by atoms with Crippen LogP contribution in [-0.2, 0) is 0 Å². The number of nitrogens with two attached hydrogens (primary N) is 1. The van der Waals surface area contributed by atoms with Gasteiger partial charge in [0.05, 0.1) is 0 Å². The molecule has 90 valence electrons. The van der Waals surface area contributed by atoms with Crippen molar-refractivity contribution in [1.82, 2.24) is 0 Å². The maximum Gasteiger partial charge on any atom is 0.0455 e. The Hall–Kier alpha value is -0.510. The average Bonchev–Trinajstić information content (AvgIpc) is 2.96. The van der Waals surface area contributed by atoms with Crippen molar-refractivity contribution in [3.8, 4) is 0 Å². The van der Waals surface area contributed by atoms with Crippen molar-refractivity contribution < 1.29 is 0 Å². The first kappa shape index (κ1) is 11.6. The summed E-state index contributed by atoms with van der Waals surface area (Å²) in [5, 5.41) is 3.49. The van der Waals surface area contributed by atoms with E-state index in [2.05, 4.69) is 36.6 Å². The summed E-state index contributed by atoms with van der Waals surface area (Å²) in [6, 6.07) is 8.84. The molecule has 1 aliphatic heterocycles. The van der Waals surface area contributed by atoms with E-state index in [-0.39, 0.29) is 10.8 Å². The number of fused-ring (bicyclic) bond motifs is 1. The van der Waals surface area contributed by atoms with Crippen LogP contribution in [-0.4, -0.2) is 10.5 Å². The Morgan fingerprint density at radius 3 is 3.00 bits per heavy atom. The van der Waals surface area contributed by atoms with Crippen molar-refractivity contribution in [2.24, 2.45) is 5.73 Å². The van der Waals surface area contributed by atoms with Crippen molar-refractivity contribution in [3.05, 3.63) is 35.2 Å². The second kappa shape index (κ2) is 4.30. The number of hydrogen-bond acceptors (Lipinski definition) is 3. The minimum absolute atomic E-state index is 0.150. The standard InChI is InChI=1S/C14H17NS2/c1-14(7-3-8-17-14)13(15)11-5-2-4-10-6-9-16-12(10)11/h2,4-6,9,13H,3,7-8,15H2,1H3. The highest BCUT2D eigenvalue weighted by atomic mass is 32.2. The largest absolute Gasteiger partial charge is 0.323 e. The van der Waals surface area contributed by atoms with Gasteiger partial charge in [0, 0.05) is 15.5 Å². The normalized spacial score (nSPS) is 26.5. The van der Waals surface area contributed by atoms with Gasteiger partial charge in [-0.2, -0.15) is 11.8 Å². The molecule has 0 spiro atoms. The van der Waals surface area contributed by atoms with E-state index >= 15 is 0 Å². The number of thiophene rings is 1. The number of thioether (sulfide) groups is 1. The number of rotatable bonds is 2. The van der Waals surface area contributed by atoms with Crippen molar-refractivity contribution in [1.29, 1.82) is 0 Å². The summed E-state index contributed by atoms with van der Waals surface area (Å²) in [5.41, 5.74) is 7.87. The zero-order valence-corrected chi connectivity index (χ0v) is 11.6. The summed E-state index contributed by atoms with van der Waals surface area (Å²) in [6.45, 7) is 2.32. The summed E-state index contributed by atoms with van der Waals surface area (Å²) >= 11 is 3.85. The fraction of sp³-hybridized carbons (Fsp3) is 0.429. The van der Waals surface area contributed by atoms with Crippen LogP contribution in [0.3, 0.4) is 0 Å². The minimum atomic E-state index is 0.150. The molecule has 0 bridgehead atoms. The van der Waals surface area contributed by atoms with Crippen molar-refractivity contribution in [2.75, 3.05) is 5.75 Å². The van der Waals surface area contributed by atoms with Gasteiger partial charge >= 0.3 is 0 Å². The van der Waals surface area contributed by atoms with E-state index in [1.807, 2.05) is 23.1 Å². The highest BCUT2D eigenvalue weighted by molar-refractivity contribution is 8.00. The molecule has 1 nitrogen and oxygen atoms in total. The van der Waals surface area contributed by atoms with E-state index < -0.39 is 0 Å². The van der Waals surface area contributed by atoms with Gasteiger partial charge in [-0.1, -0.05) is 18.2 Å². The van der Waals surface area contributed by atoms with Gasteiger partial charge in [-0.15, -0.1) is 11.3 Å². The summed E-state index contributed by atoms with van der Waals surface area (Å²) < 4.78 is 1.59. The molecule has 1 saturated heterocycles. The second-order valence-corrected chi connectivity index (χ2v) is 7.47. The van der Waals surface area contributed by atoms with E-state index in [4.69, 9.17) is 5.73 Å². The molecule has 0 radical (unpaired) electrons. The van der Waals surface area contributed by atoms with Crippen LogP contribution in [0.4, 0.5) is 0 Å². The Bertz CT molecular complexity index is 526. The fourth-order valence-corrected chi connectivity index (χ4v) is 4.94. The number of benzene rings is 1. The molecule has 0 saturated carbocycles. The Kier molecular flexibility index (Phi) is 2.93. The van der Waals surface area contributed by atoms with Crippen LogP contribution < -0.4 is 5.73 Å². The summed E-state index contributed by atoms with van der Waals surface area (Å²) in [4.78, 5) is 0. The Morgan fingerprint density at radius 2 is 2.24 bits per heavy atom. The molecule has 2 aromatic rings. The van der Waals surface area contributed by atoms with Crippen molar-refractivity contribution >= 4 is 33.2 Å². The summed E-state index contributed by atoms with van der Waals surface area (Å²) in [7, 11) is 0. The molecule has 2 heterocycles. The zero-order valence-electron chi connectivity index (χ0n) is 9.98. The van der Waals surface area contributed by atoms with E-state index in [1.54, 1.807) is 0 Å². The lowest BCUT2D eigenvalue weighted by Gasteiger charge is -2.30. The van der Waals surface area contributed by atoms with Crippen LogP contribution in [0.1, 0.15) is 31.4 Å². The molecular formula is C14H17NS2. The fourth-order valence-electron chi connectivity index (χ4n) is 2.64. The Labute approximate surface area is 110 Å². The van der Waals surface area contributed by atoms with Gasteiger partial charge in [-0.05, 0) is 47.9 Å². The van der Waals surface area contributed by atoms with Gasteiger partial charge < -0.3 is 5.73 Å². The van der Waals surface area contributed by atoms with Crippen LogP contribution >= 0.6 is 23.1 Å². The van der Waals surface area contributed by atoms with Crippen LogP contribution in [0.15, 0.2) is 29.6 Å². The third-order valence-corrected chi connectivity index (χ3v) is 6.34. The molecule has 3 heteroatoms. The first-order valence-electron chi connectivity index (χ1n) is 6.06. The van der Waals surface area contributed by atoms with Crippen LogP contribution in [0.25, 0.3) is 10.1 Å². The van der Waals surface area contributed by atoms with E-state index in [0.717, 1.165) is 0 Å². The smallest absolute Gasteiger partial charge is 0.0455 e. The predicted octanol–water partition coefficient (Wildman–Crippen LogP) is 4.19. The first-order chi connectivity index (χ1) is 8.21. The maximum absolute atomic E-state index is 6.55. The molecule has 1 fully saturated rings. The van der Waals surface area contributed by atoms with Gasteiger partial charge in [0.1, 0.15) is 0 Å². The Morgan fingerprint density at radius 1 is 1.35 bits per heavy atom. The molecule has 1 aliphatic rings. The minimum Gasteiger partial charge on any atom is -0.323 e. The average molecular weight is 263 g/mol. The zero-order chi connectivity index (χ0) is 11.9. The predicted molar refractivity (Wildman–Crippen MR) is 78.9 cm³/mol. The monoisotopic (exact) mass is 263 g/mol. The SMILES string of the molecule is CC1(C(N)c2cccc3ccsc23)CCCS1. The van der Waals surface area contributed by atoms with Crippen LogP contribution in [0, 0.1) is 0 Å². The molecule has 2 atom stereocenters. The number of hydrogen-bond donors (Lipinski definition) is 1. The van der Waals surface area contributed by atoms with Crippen molar-refractivity contribution in [3.63, 3.8) is 0 Å². The Balaban J connectivity index is 2.05.